The maximum Gasteiger partial charge on any atom is 0.326 e. The van der Waals surface area contributed by atoms with Crippen molar-refractivity contribution in [3.63, 3.8) is 0 Å². The zero-order chi connectivity index (χ0) is 53.2. The molecule has 0 aliphatic carbocycles. The number of nitrogens with zero attached hydrogens (tertiary/aromatic N) is 3. The van der Waals surface area contributed by atoms with Crippen LogP contribution < -0.4 is 71.2 Å². The summed E-state index contributed by atoms with van der Waals surface area (Å²) in [5.74, 6) is -8.03. The smallest absolute Gasteiger partial charge is 0.326 e. The molecule has 0 aromatic carbocycles. The number of rotatable bonds is 32. The normalized spacial score (nSPS) is 14.5. The summed E-state index contributed by atoms with van der Waals surface area (Å²) < 4.78 is 0. The molecule has 20 N–H and O–H groups in total. The molecule has 27 heteroatoms. The number of H-pyrrole nitrogens is 1. The third-order valence-electron chi connectivity index (χ3n) is 10.4. The Balaban J connectivity index is 3.13. The summed E-state index contributed by atoms with van der Waals surface area (Å²) >= 11 is 0. The Bertz CT molecular complexity index is 1950. The van der Waals surface area contributed by atoms with E-state index in [0.29, 0.717) is 5.69 Å². The summed E-state index contributed by atoms with van der Waals surface area (Å²) in [4.78, 5) is 133. The van der Waals surface area contributed by atoms with E-state index in [9.17, 15) is 48.3 Å². The van der Waals surface area contributed by atoms with Crippen LogP contribution in [-0.2, 0) is 49.6 Å². The molecule has 1 rings (SSSR count). The minimum Gasteiger partial charge on any atom is -0.480 e. The number of carboxylic acid groups (broad SMARTS) is 1. The van der Waals surface area contributed by atoms with Crippen LogP contribution in [0.5, 0.6) is 0 Å². The maximum atomic E-state index is 14.0. The van der Waals surface area contributed by atoms with E-state index in [2.05, 4.69) is 62.5 Å². The van der Waals surface area contributed by atoms with Crippen molar-refractivity contribution in [2.75, 3.05) is 19.6 Å². The van der Waals surface area contributed by atoms with Crippen LogP contribution in [-0.4, -0.2) is 148 Å². The number of guanidine groups is 2. The monoisotopic (exact) mass is 992 g/mol. The van der Waals surface area contributed by atoms with Gasteiger partial charge in [-0.05, 0) is 70.1 Å². The number of nitrogens with one attached hydrogen (secondary N) is 9. The van der Waals surface area contributed by atoms with E-state index in [1.165, 1.54) is 26.4 Å². The summed E-state index contributed by atoms with van der Waals surface area (Å²) in [6, 6.07) is -9.54. The molecule has 0 fully saturated rings. The van der Waals surface area contributed by atoms with E-state index in [1.807, 2.05) is 13.8 Å². The molecule has 0 saturated carbocycles. The highest BCUT2D eigenvalue weighted by atomic mass is 16.4. The lowest BCUT2D eigenvalue weighted by atomic mass is 10.00. The van der Waals surface area contributed by atoms with Crippen LogP contribution in [0.15, 0.2) is 22.5 Å². The average Bonchev–Trinajstić information content (AvgIpc) is 3.78. The molecule has 0 radical (unpaired) electrons. The summed E-state index contributed by atoms with van der Waals surface area (Å²) in [6.45, 7) is 13.0. The van der Waals surface area contributed by atoms with Gasteiger partial charge in [-0.1, -0.05) is 41.5 Å². The predicted molar refractivity (Wildman–Crippen MR) is 259 cm³/mol. The number of aromatic nitrogens is 2. The summed E-state index contributed by atoms with van der Waals surface area (Å²) in [7, 11) is 0. The number of carbonyl (C=O) groups is 9. The number of imidazole rings is 1. The SMILES string of the molecule is CC(C)C[C@H](NC(=O)[C@H](CCCN=C(N)N)NC(=O)[C@H](C)NC(=O)CNC(=O)[C@H](C)NC(=O)[C@H](CCCN=C(N)N)NC(=O)[C@H](Cc1cnc[nH]1)NC(=O)[C@H](CC(C)C)NC(=O)[C@@H](N)C(C)C)C(=O)O. The van der Waals surface area contributed by atoms with Crippen molar-refractivity contribution in [1.82, 2.24) is 52.5 Å². The number of amides is 8. The molecule has 1 aromatic rings. The summed E-state index contributed by atoms with van der Waals surface area (Å²) in [5, 5.41) is 29.9. The second-order valence-electron chi connectivity index (χ2n) is 18.1. The standard InChI is InChI=1S/C43H77N17O10/c1-21(2)15-29(59-40(68)33(44)23(5)6)38(66)58-30(17-26-18-49-20-53-26)39(67)57-27(11-9-13-50-42(45)46)36(64)55-24(7)34(62)52-19-32(61)54-25(8)35(63)56-28(12-10-14-51-43(47)48)37(65)60-31(41(69)70)16-22(3)4/h18,20-25,27-31,33H,9-17,19,44H2,1-8H3,(H,49,53)(H,52,62)(H,54,61)(H,55,64)(H,56,63)(H,57,67)(H,58,66)(H,59,68)(H,60,65)(H,69,70)(H4,45,46,50)(H4,47,48,51)/t24-,25-,27-,28-,29-,30-,31-,33-/m0/s1. The molecule has 8 atom stereocenters. The fourth-order valence-corrected chi connectivity index (χ4v) is 6.51. The van der Waals surface area contributed by atoms with Gasteiger partial charge in [0.1, 0.15) is 42.3 Å². The highest BCUT2D eigenvalue weighted by Crippen LogP contribution is 2.11. The lowest BCUT2D eigenvalue weighted by Gasteiger charge is -2.27. The molecule has 0 bridgehead atoms. The molecule has 8 amide bonds. The summed E-state index contributed by atoms with van der Waals surface area (Å²) in [6.07, 6.45) is 3.46. The van der Waals surface area contributed by atoms with Crippen LogP contribution in [0.25, 0.3) is 0 Å². The van der Waals surface area contributed by atoms with Crippen molar-refractivity contribution in [1.29, 1.82) is 0 Å². The first-order valence-electron chi connectivity index (χ1n) is 23.2. The zero-order valence-corrected chi connectivity index (χ0v) is 41.4. The van der Waals surface area contributed by atoms with Crippen molar-refractivity contribution in [3.8, 4) is 0 Å². The summed E-state index contributed by atoms with van der Waals surface area (Å²) in [5.41, 5.74) is 28.2. The van der Waals surface area contributed by atoms with Crippen LogP contribution in [0.2, 0.25) is 0 Å². The molecule has 0 unspecified atom stereocenters. The van der Waals surface area contributed by atoms with Gasteiger partial charge in [0, 0.05) is 31.4 Å². The lowest BCUT2D eigenvalue weighted by Crippen LogP contribution is -2.59. The topological polar surface area (TPSA) is 454 Å². The van der Waals surface area contributed by atoms with E-state index >= 15 is 0 Å². The van der Waals surface area contributed by atoms with Crippen LogP contribution in [0.4, 0.5) is 0 Å². The van der Waals surface area contributed by atoms with Crippen molar-refractivity contribution < 1.29 is 48.3 Å². The lowest BCUT2D eigenvalue weighted by molar-refractivity contribution is -0.142. The number of hydrogen-bond donors (Lipinski definition) is 15. The molecule has 27 nitrogen and oxygen atoms in total. The van der Waals surface area contributed by atoms with Crippen LogP contribution in [0.3, 0.4) is 0 Å². The van der Waals surface area contributed by atoms with Gasteiger partial charge in [-0.25, -0.2) is 9.78 Å². The van der Waals surface area contributed by atoms with Gasteiger partial charge in [0.2, 0.25) is 47.3 Å². The van der Waals surface area contributed by atoms with E-state index in [-0.39, 0.29) is 87.7 Å². The average molecular weight is 992 g/mol. The van der Waals surface area contributed by atoms with E-state index in [4.69, 9.17) is 28.7 Å². The Morgan fingerprint density at radius 3 is 1.51 bits per heavy atom. The Labute approximate surface area is 408 Å². The van der Waals surface area contributed by atoms with Crippen molar-refractivity contribution in [2.45, 2.75) is 149 Å². The van der Waals surface area contributed by atoms with Crippen molar-refractivity contribution in [2.24, 2.45) is 56.4 Å². The molecule has 0 spiro atoms. The number of aromatic amines is 1. The Morgan fingerprint density at radius 1 is 0.586 bits per heavy atom. The number of hydrogen-bond acceptors (Lipinski definition) is 13. The fraction of sp³-hybridized carbons (Fsp3) is 0.674. The third kappa shape index (κ3) is 24.3. The van der Waals surface area contributed by atoms with Gasteiger partial charge in [-0.2, -0.15) is 0 Å². The minimum atomic E-state index is -1.31. The predicted octanol–water partition coefficient (Wildman–Crippen LogP) is -4.23. The highest BCUT2D eigenvalue weighted by Gasteiger charge is 2.33. The largest absolute Gasteiger partial charge is 0.480 e. The molecular weight excluding hydrogens is 915 g/mol. The first kappa shape index (κ1) is 61.0. The number of carboxylic acids is 1. The van der Waals surface area contributed by atoms with Gasteiger partial charge in [-0.3, -0.25) is 48.3 Å². The molecule has 70 heavy (non-hydrogen) atoms. The first-order valence-corrected chi connectivity index (χ1v) is 23.2. The number of carbonyl (C=O) groups excluding carboxylic acids is 8. The van der Waals surface area contributed by atoms with Gasteiger partial charge >= 0.3 is 5.97 Å². The quantitative estimate of drug-likeness (QED) is 0.0185. The first-order chi connectivity index (χ1) is 32.7. The van der Waals surface area contributed by atoms with Crippen molar-refractivity contribution >= 4 is 65.1 Å². The second-order valence-corrected chi connectivity index (χ2v) is 18.1. The van der Waals surface area contributed by atoms with E-state index < -0.39 is 108 Å². The van der Waals surface area contributed by atoms with Crippen LogP contribution in [0, 0.1) is 17.8 Å². The Morgan fingerprint density at radius 2 is 1.03 bits per heavy atom. The van der Waals surface area contributed by atoms with Crippen LogP contribution >= 0.6 is 0 Å². The van der Waals surface area contributed by atoms with Crippen molar-refractivity contribution in [3.05, 3.63) is 18.2 Å². The fourth-order valence-electron chi connectivity index (χ4n) is 6.51. The van der Waals surface area contributed by atoms with Crippen LogP contribution in [0.1, 0.15) is 99.6 Å². The van der Waals surface area contributed by atoms with Gasteiger partial charge in [0.15, 0.2) is 11.9 Å². The molecule has 0 aliphatic heterocycles. The van der Waals surface area contributed by atoms with Gasteiger partial charge in [0.25, 0.3) is 0 Å². The molecular formula is C43H77N17O10. The number of nitrogens with two attached hydrogens (primary N) is 5. The Hall–Kier alpha value is -7.06. The van der Waals surface area contributed by atoms with E-state index in [0.717, 1.165) is 0 Å². The maximum absolute atomic E-state index is 14.0. The molecule has 1 heterocycles. The molecule has 394 valence electrons. The third-order valence-corrected chi connectivity index (χ3v) is 10.4. The van der Waals surface area contributed by atoms with Gasteiger partial charge < -0.3 is 81.3 Å². The molecule has 0 aliphatic rings. The zero-order valence-electron chi connectivity index (χ0n) is 41.4. The molecule has 0 saturated heterocycles. The van der Waals surface area contributed by atoms with E-state index in [1.54, 1.807) is 27.7 Å². The second kappa shape index (κ2) is 31.1. The highest BCUT2D eigenvalue weighted by molar-refractivity contribution is 5.97. The number of aliphatic imine (C=N–C) groups is 2. The Kier molecular flexibility index (Phi) is 27.1. The molecule has 1 aromatic heterocycles. The van der Waals surface area contributed by atoms with Gasteiger partial charge in [0.05, 0.1) is 18.9 Å². The van der Waals surface area contributed by atoms with Gasteiger partial charge in [-0.15, -0.1) is 0 Å². The number of aliphatic carboxylic acids is 1. The minimum absolute atomic E-state index is 0.0141.